The molecule has 134 valence electrons. The van der Waals surface area contributed by atoms with E-state index in [0.29, 0.717) is 32.2 Å². The highest BCUT2D eigenvalue weighted by molar-refractivity contribution is 9.10. The van der Waals surface area contributed by atoms with Crippen molar-refractivity contribution in [2.75, 3.05) is 19.1 Å². The third-order valence-electron chi connectivity index (χ3n) is 3.68. The first-order valence-corrected chi connectivity index (χ1v) is 9.39. The molecule has 8 heteroatoms. The molecular weight excluding hydrogens is 442 g/mol. The van der Waals surface area contributed by atoms with Crippen LogP contribution in [0.2, 0.25) is 5.02 Å². The molecule has 2 aromatic carbocycles. The van der Waals surface area contributed by atoms with Crippen LogP contribution in [0.1, 0.15) is 5.56 Å². The molecule has 3 rings (SSSR count). The van der Waals surface area contributed by atoms with E-state index in [1.807, 2.05) is 0 Å². The molecule has 0 radical (unpaired) electrons. The lowest BCUT2D eigenvalue weighted by molar-refractivity contribution is -0.113. The van der Waals surface area contributed by atoms with E-state index >= 15 is 0 Å². The lowest BCUT2D eigenvalue weighted by Gasteiger charge is -2.13. The number of hydrogen-bond donors (Lipinski definition) is 0. The summed E-state index contributed by atoms with van der Waals surface area (Å²) in [4.78, 5) is 26.5. The Morgan fingerprint density at radius 3 is 2.46 bits per heavy atom. The molecule has 0 saturated carbocycles. The highest BCUT2D eigenvalue weighted by Gasteiger charge is 2.37. The van der Waals surface area contributed by atoms with Gasteiger partial charge in [0.15, 0.2) is 0 Å². The van der Waals surface area contributed by atoms with Gasteiger partial charge >= 0.3 is 0 Å². The number of anilines is 1. The molecule has 1 aliphatic heterocycles. The minimum atomic E-state index is -0.429. The molecular formula is C18H13BrClNO4S. The van der Waals surface area contributed by atoms with Gasteiger partial charge in [-0.2, -0.15) is 0 Å². The van der Waals surface area contributed by atoms with Crippen molar-refractivity contribution in [3.63, 3.8) is 0 Å². The topological polar surface area (TPSA) is 55.8 Å². The van der Waals surface area contributed by atoms with Gasteiger partial charge < -0.3 is 9.47 Å². The molecule has 5 nitrogen and oxygen atoms in total. The van der Waals surface area contributed by atoms with Crippen molar-refractivity contribution in [3.05, 3.63) is 56.4 Å². The van der Waals surface area contributed by atoms with E-state index < -0.39 is 11.1 Å². The number of amides is 2. The first-order chi connectivity index (χ1) is 12.5. The summed E-state index contributed by atoms with van der Waals surface area (Å²) in [6.07, 6.45) is 1.62. The molecule has 1 fully saturated rings. The fraction of sp³-hybridized carbons (Fsp3) is 0.111. The Morgan fingerprint density at radius 1 is 1.12 bits per heavy atom. The largest absolute Gasteiger partial charge is 0.496 e. The highest BCUT2D eigenvalue weighted by atomic mass is 79.9. The van der Waals surface area contributed by atoms with Crippen LogP contribution < -0.4 is 14.4 Å². The molecule has 2 amide bonds. The van der Waals surface area contributed by atoms with E-state index in [9.17, 15) is 9.59 Å². The van der Waals surface area contributed by atoms with Crippen molar-refractivity contribution in [2.24, 2.45) is 0 Å². The smallest absolute Gasteiger partial charge is 0.298 e. The number of carbonyl (C=O) groups is 2. The maximum absolute atomic E-state index is 12.8. The SMILES string of the molecule is COc1cc(OC)c(/C=C2\SC(=O)N(c3ccccc3Cl)C2=O)cc1Br. The fourth-order valence-electron chi connectivity index (χ4n) is 2.45. The van der Waals surface area contributed by atoms with Crippen LogP contribution in [-0.2, 0) is 4.79 Å². The van der Waals surface area contributed by atoms with Crippen molar-refractivity contribution >= 4 is 62.2 Å². The number of hydrogen-bond acceptors (Lipinski definition) is 5. The second-order valence-corrected chi connectivity index (χ2v) is 7.45. The second kappa shape index (κ2) is 7.73. The number of carbonyl (C=O) groups excluding carboxylic acids is 2. The van der Waals surface area contributed by atoms with Crippen molar-refractivity contribution in [2.45, 2.75) is 0 Å². The van der Waals surface area contributed by atoms with Gasteiger partial charge in [-0.1, -0.05) is 23.7 Å². The fourth-order valence-corrected chi connectivity index (χ4v) is 4.01. The number of methoxy groups -OCH3 is 2. The van der Waals surface area contributed by atoms with Gasteiger partial charge in [0.2, 0.25) is 0 Å². The van der Waals surface area contributed by atoms with E-state index in [2.05, 4.69) is 15.9 Å². The molecule has 1 saturated heterocycles. The van der Waals surface area contributed by atoms with E-state index in [-0.39, 0.29) is 4.91 Å². The standard InChI is InChI=1S/C18H13BrClNO4S/c1-24-14-9-15(25-2)11(19)7-10(14)8-16-17(22)21(18(23)26-16)13-6-4-3-5-12(13)20/h3-9H,1-2H3/b16-8-. The third-order valence-corrected chi connectivity index (χ3v) is 5.49. The van der Waals surface area contributed by atoms with Gasteiger partial charge in [0.1, 0.15) is 11.5 Å². The Kier molecular flexibility index (Phi) is 5.60. The van der Waals surface area contributed by atoms with Crippen LogP contribution in [0.4, 0.5) is 10.5 Å². The number of thioether (sulfide) groups is 1. The van der Waals surface area contributed by atoms with Gasteiger partial charge in [0.25, 0.3) is 11.1 Å². The quantitative estimate of drug-likeness (QED) is 0.582. The minimum Gasteiger partial charge on any atom is -0.496 e. The van der Waals surface area contributed by atoms with Crippen LogP contribution >= 0.6 is 39.3 Å². The van der Waals surface area contributed by atoms with E-state index in [1.54, 1.807) is 49.6 Å². The van der Waals surface area contributed by atoms with Gasteiger partial charge in [-0.3, -0.25) is 9.59 Å². The predicted octanol–water partition coefficient (Wildman–Crippen LogP) is 5.36. The first kappa shape index (κ1) is 18.8. The number of imide groups is 1. The van der Waals surface area contributed by atoms with Crippen LogP contribution in [0.15, 0.2) is 45.8 Å². The molecule has 0 unspecified atom stereocenters. The van der Waals surface area contributed by atoms with Gasteiger partial charge in [-0.05, 0) is 52.0 Å². The summed E-state index contributed by atoms with van der Waals surface area (Å²) in [5, 5.41) is -0.0679. The zero-order valence-corrected chi connectivity index (χ0v) is 16.9. The number of para-hydroxylation sites is 1. The van der Waals surface area contributed by atoms with E-state index in [4.69, 9.17) is 21.1 Å². The molecule has 0 N–H and O–H groups in total. The summed E-state index contributed by atoms with van der Waals surface area (Å²) in [6.45, 7) is 0. The van der Waals surface area contributed by atoms with Crippen LogP contribution in [0, 0.1) is 0 Å². The summed E-state index contributed by atoms with van der Waals surface area (Å²) >= 11 is 10.4. The van der Waals surface area contributed by atoms with Crippen LogP contribution in [0.3, 0.4) is 0 Å². The van der Waals surface area contributed by atoms with Gasteiger partial charge in [-0.15, -0.1) is 0 Å². The van der Waals surface area contributed by atoms with Crippen molar-refractivity contribution in [3.8, 4) is 11.5 Å². The number of nitrogens with zero attached hydrogens (tertiary/aromatic N) is 1. The molecule has 0 aromatic heterocycles. The molecule has 0 bridgehead atoms. The number of benzene rings is 2. The molecule has 26 heavy (non-hydrogen) atoms. The highest BCUT2D eigenvalue weighted by Crippen LogP contribution is 2.40. The van der Waals surface area contributed by atoms with Gasteiger partial charge in [0, 0.05) is 11.6 Å². The summed E-state index contributed by atoms with van der Waals surface area (Å²) < 4.78 is 11.3. The molecule has 0 aliphatic carbocycles. The lowest BCUT2D eigenvalue weighted by Crippen LogP contribution is -2.27. The zero-order valence-electron chi connectivity index (χ0n) is 13.8. The molecule has 1 aliphatic rings. The number of ether oxygens (including phenoxy) is 2. The summed E-state index contributed by atoms with van der Waals surface area (Å²) in [6, 6.07) is 10.2. The molecule has 1 heterocycles. The minimum absolute atomic E-state index is 0.283. The summed E-state index contributed by atoms with van der Waals surface area (Å²) in [5.41, 5.74) is 1.01. The third kappa shape index (κ3) is 3.47. The van der Waals surface area contributed by atoms with Crippen molar-refractivity contribution < 1.29 is 19.1 Å². The predicted molar refractivity (Wildman–Crippen MR) is 107 cm³/mol. The van der Waals surface area contributed by atoms with Crippen LogP contribution in [-0.4, -0.2) is 25.4 Å². The molecule has 0 spiro atoms. The van der Waals surface area contributed by atoms with Gasteiger partial charge in [-0.25, -0.2) is 4.90 Å². The maximum Gasteiger partial charge on any atom is 0.298 e. The van der Waals surface area contributed by atoms with E-state index in [1.165, 1.54) is 7.11 Å². The second-order valence-electron chi connectivity index (χ2n) is 5.20. The molecule has 2 aromatic rings. The summed E-state index contributed by atoms with van der Waals surface area (Å²) in [7, 11) is 3.07. The Morgan fingerprint density at radius 2 is 1.81 bits per heavy atom. The van der Waals surface area contributed by atoms with E-state index in [0.717, 1.165) is 16.7 Å². The average Bonchev–Trinajstić information content (AvgIpc) is 2.89. The van der Waals surface area contributed by atoms with Gasteiger partial charge in [0.05, 0.1) is 34.3 Å². The average molecular weight is 455 g/mol. The zero-order chi connectivity index (χ0) is 18.8. The Bertz CT molecular complexity index is 931. The monoisotopic (exact) mass is 453 g/mol. The van der Waals surface area contributed by atoms with Crippen molar-refractivity contribution in [1.29, 1.82) is 0 Å². The number of halogens is 2. The lowest BCUT2D eigenvalue weighted by atomic mass is 10.1. The first-order valence-electron chi connectivity index (χ1n) is 7.40. The summed E-state index contributed by atoms with van der Waals surface area (Å²) in [5.74, 6) is 0.694. The number of rotatable bonds is 4. The van der Waals surface area contributed by atoms with Crippen LogP contribution in [0.5, 0.6) is 11.5 Å². The maximum atomic E-state index is 12.8. The molecule has 0 atom stereocenters. The van der Waals surface area contributed by atoms with Crippen molar-refractivity contribution in [1.82, 2.24) is 0 Å². The normalized spacial score (nSPS) is 15.7. The van der Waals surface area contributed by atoms with Crippen LogP contribution in [0.25, 0.3) is 6.08 Å². The Balaban J connectivity index is 2.01. The Labute approximate surface area is 168 Å². The Hall–Kier alpha value is -1.96.